The van der Waals surface area contributed by atoms with Crippen molar-refractivity contribution in [2.75, 3.05) is 13.1 Å². The van der Waals surface area contributed by atoms with Crippen LogP contribution in [0.5, 0.6) is 0 Å². The first-order valence-corrected chi connectivity index (χ1v) is 11.9. The predicted molar refractivity (Wildman–Crippen MR) is 114 cm³/mol. The van der Waals surface area contributed by atoms with E-state index in [1.807, 2.05) is 0 Å². The molecule has 0 aliphatic carbocycles. The summed E-state index contributed by atoms with van der Waals surface area (Å²) in [4.78, 5) is 52.9. The summed E-state index contributed by atoms with van der Waals surface area (Å²) in [6, 6.07) is 5.78. The first-order chi connectivity index (χ1) is 14.9. The number of piperidine rings is 1. The monoisotopic (exact) mass is 461 g/mol. The van der Waals surface area contributed by atoms with Crippen molar-refractivity contribution in [1.82, 2.24) is 14.8 Å². The average molecular weight is 462 g/mol. The van der Waals surface area contributed by atoms with Gasteiger partial charge in [0.25, 0.3) is 0 Å². The van der Waals surface area contributed by atoms with Gasteiger partial charge in [-0.2, -0.15) is 0 Å². The standard InChI is InChI=1S/C21H20FN3O4S2/c22-12-6-4-11(5-7-12)14-15-16(19(28)23-18(15)27)30-20-17(14)31-21(29)25(20)10-13(26)24-8-2-1-3-9-24/h4-7,14-16H,1-3,8-10H2,(H,23,27,28)/t14-,15+,16-/m0/s1. The summed E-state index contributed by atoms with van der Waals surface area (Å²) in [6.07, 6.45) is 3.00. The van der Waals surface area contributed by atoms with E-state index in [9.17, 15) is 23.6 Å². The zero-order valence-corrected chi connectivity index (χ0v) is 18.1. The van der Waals surface area contributed by atoms with Crippen LogP contribution in [0.4, 0.5) is 4.39 Å². The summed E-state index contributed by atoms with van der Waals surface area (Å²) in [7, 11) is 0. The summed E-state index contributed by atoms with van der Waals surface area (Å²) >= 11 is 2.17. The Morgan fingerprint density at radius 3 is 2.48 bits per heavy atom. The van der Waals surface area contributed by atoms with E-state index in [1.165, 1.54) is 28.5 Å². The second-order valence-electron chi connectivity index (χ2n) is 8.01. The summed E-state index contributed by atoms with van der Waals surface area (Å²) in [5.74, 6) is -2.53. The molecule has 0 spiro atoms. The molecule has 1 aromatic heterocycles. The van der Waals surface area contributed by atoms with Crippen molar-refractivity contribution in [3.8, 4) is 0 Å². The average Bonchev–Trinajstić information content (AvgIpc) is 3.23. The SMILES string of the molecule is O=C1NC(=O)[C@H]2Sc3c(sc(=O)n3CC(=O)N3CCCCC3)[C@@H](c3ccc(F)cc3)[C@@H]12. The highest BCUT2D eigenvalue weighted by atomic mass is 32.2. The Morgan fingerprint density at radius 1 is 1.06 bits per heavy atom. The fourth-order valence-corrected chi connectivity index (χ4v) is 7.32. The van der Waals surface area contributed by atoms with Gasteiger partial charge in [-0.3, -0.25) is 29.1 Å². The molecule has 1 N–H and O–H groups in total. The second-order valence-corrected chi connectivity index (χ2v) is 10.1. The molecular weight excluding hydrogens is 441 g/mol. The molecule has 4 heterocycles. The lowest BCUT2D eigenvalue weighted by atomic mass is 9.83. The van der Waals surface area contributed by atoms with E-state index >= 15 is 0 Å². The van der Waals surface area contributed by atoms with Gasteiger partial charge in [-0.25, -0.2) is 4.39 Å². The van der Waals surface area contributed by atoms with Crippen molar-refractivity contribution < 1.29 is 18.8 Å². The van der Waals surface area contributed by atoms with Crippen LogP contribution in [0.15, 0.2) is 34.1 Å². The van der Waals surface area contributed by atoms with E-state index in [0.717, 1.165) is 30.6 Å². The molecular formula is C21H20FN3O4S2. The maximum Gasteiger partial charge on any atom is 0.308 e. The van der Waals surface area contributed by atoms with E-state index in [4.69, 9.17) is 0 Å². The number of carbonyl (C=O) groups is 3. The largest absolute Gasteiger partial charge is 0.341 e. The van der Waals surface area contributed by atoms with Crippen LogP contribution >= 0.6 is 23.1 Å². The molecule has 2 saturated heterocycles. The van der Waals surface area contributed by atoms with Crippen LogP contribution in [-0.4, -0.2) is 45.5 Å². The fraction of sp³-hybridized carbons (Fsp3) is 0.429. The first-order valence-electron chi connectivity index (χ1n) is 10.2. The minimum Gasteiger partial charge on any atom is -0.341 e. The lowest BCUT2D eigenvalue weighted by Gasteiger charge is -2.31. The number of aromatic nitrogens is 1. The van der Waals surface area contributed by atoms with Gasteiger partial charge >= 0.3 is 4.87 Å². The van der Waals surface area contributed by atoms with Crippen LogP contribution in [0.1, 0.15) is 35.6 Å². The van der Waals surface area contributed by atoms with Crippen molar-refractivity contribution in [1.29, 1.82) is 0 Å². The molecule has 7 nitrogen and oxygen atoms in total. The van der Waals surface area contributed by atoms with E-state index in [1.54, 1.807) is 17.0 Å². The molecule has 3 amide bonds. The third kappa shape index (κ3) is 3.51. The van der Waals surface area contributed by atoms with Crippen molar-refractivity contribution in [3.63, 3.8) is 0 Å². The summed E-state index contributed by atoms with van der Waals surface area (Å²) in [5, 5.41) is 2.25. The van der Waals surface area contributed by atoms with Crippen LogP contribution in [0.3, 0.4) is 0 Å². The highest BCUT2D eigenvalue weighted by Crippen LogP contribution is 2.51. The number of thiazole rings is 1. The molecule has 31 heavy (non-hydrogen) atoms. The lowest BCUT2D eigenvalue weighted by Crippen LogP contribution is -2.39. The number of hydrogen-bond donors (Lipinski definition) is 1. The van der Waals surface area contributed by atoms with Crippen LogP contribution in [-0.2, 0) is 20.9 Å². The minimum atomic E-state index is -0.694. The van der Waals surface area contributed by atoms with Crippen molar-refractivity contribution in [2.45, 2.75) is 42.0 Å². The number of rotatable bonds is 3. The number of thioether (sulfide) groups is 1. The van der Waals surface area contributed by atoms with Crippen molar-refractivity contribution >= 4 is 40.8 Å². The third-order valence-electron chi connectivity index (χ3n) is 6.12. The number of likely N-dealkylation sites (tertiary alicyclic amines) is 1. The molecule has 3 aliphatic rings. The lowest BCUT2D eigenvalue weighted by molar-refractivity contribution is -0.133. The van der Waals surface area contributed by atoms with E-state index < -0.39 is 28.8 Å². The zero-order chi connectivity index (χ0) is 21.7. The number of hydrogen-bond acceptors (Lipinski definition) is 6. The Bertz CT molecular complexity index is 1120. The summed E-state index contributed by atoms with van der Waals surface area (Å²) in [6.45, 7) is 1.29. The Labute approximate surface area is 185 Å². The molecule has 0 radical (unpaired) electrons. The molecule has 0 saturated carbocycles. The number of imide groups is 1. The van der Waals surface area contributed by atoms with Gasteiger partial charge in [-0.05, 0) is 37.0 Å². The number of fused-ring (bicyclic) bond motifs is 2. The van der Waals surface area contributed by atoms with E-state index in [0.29, 0.717) is 28.6 Å². The van der Waals surface area contributed by atoms with Crippen LogP contribution in [0.2, 0.25) is 0 Å². The molecule has 10 heteroatoms. The quantitative estimate of drug-likeness (QED) is 0.706. The Kier molecular flexibility index (Phi) is 5.21. The molecule has 3 aliphatic heterocycles. The third-order valence-corrected chi connectivity index (χ3v) is 8.73. The first kappa shape index (κ1) is 20.4. The van der Waals surface area contributed by atoms with E-state index in [2.05, 4.69) is 5.32 Å². The molecule has 2 aromatic rings. The van der Waals surface area contributed by atoms with Gasteiger partial charge in [0, 0.05) is 23.9 Å². The maximum absolute atomic E-state index is 13.5. The molecule has 162 valence electrons. The van der Waals surface area contributed by atoms with E-state index in [-0.39, 0.29) is 23.2 Å². The summed E-state index contributed by atoms with van der Waals surface area (Å²) < 4.78 is 14.9. The second kappa shape index (κ2) is 7.90. The maximum atomic E-state index is 13.5. The number of halogens is 1. The smallest absolute Gasteiger partial charge is 0.308 e. The zero-order valence-electron chi connectivity index (χ0n) is 16.5. The highest BCUT2D eigenvalue weighted by Gasteiger charge is 2.52. The van der Waals surface area contributed by atoms with Crippen LogP contribution in [0.25, 0.3) is 0 Å². The van der Waals surface area contributed by atoms with Crippen LogP contribution in [0, 0.1) is 11.7 Å². The highest BCUT2D eigenvalue weighted by molar-refractivity contribution is 8.00. The molecule has 5 rings (SSSR count). The molecule has 3 atom stereocenters. The number of nitrogens with one attached hydrogen (secondary N) is 1. The normalized spacial score (nSPS) is 25.2. The number of benzene rings is 1. The number of nitrogens with zero attached hydrogens (tertiary/aromatic N) is 2. The van der Waals surface area contributed by atoms with Crippen LogP contribution < -0.4 is 10.2 Å². The van der Waals surface area contributed by atoms with Gasteiger partial charge in [-0.1, -0.05) is 35.2 Å². The van der Waals surface area contributed by atoms with Crippen molar-refractivity contribution in [3.05, 3.63) is 50.2 Å². The minimum absolute atomic E-state index is 0.0826. The van der Waals surface area contributed by atoms with Gasteiger partial charge in [0.1, 0.15) is 17.6 Å². The molecule has 0 bridgehead atoms. The molecule has 1 aromatic carbocycles. The molecule has 2 fully saturated rings. The fourth-order valence-electron chi connectivity index (χ4n) is 4.58. The Morgan fingerprint density at radius 2 is 1.77 bits per heavy atom. The van der Waals surface area contributed by atoms with Crippen molar-refractivity contribution in [2.24, 2.45) is 5.92 Å². The number of carbonyl (C=O) groups excluding carboxylic acids is 3. The molecule has 0 unspecified atom stereocenters. The van der Waals surface area contributed by atoms with Gasteiger partial charge in [0.2, 0.25) is 17.7 Å². The van der Waals surface area contributed by atoms with Gasteiger partial charge < -0.3 is 4.90 Å². The van der Waals surface area contributed by atoms with Gasteiger partial charge in [-0.15, -0.1) is 0 Å². The Hall–Kier alpha value is -2.46. The van der Waals surface area contributed by atoms with Gasteiger partial charge in [0.05, 0.1) is 10.9 Å². The number of amides is 3. The van der Waals surface area contributed by atoms with Gasteiger partial charge in [0.15, 0.2) is 0 Å². The summed E-state index contributed by atoms with van der Waals surface area (Å²) in [5.41, 5.74) is 0.665. The Balaban J connectivity index is 1.56. The topological polar surface area (TPSA) is 88.5 Å². The predicted octanol–water partition coefficient (Wildman–Crippen LogP) is 1.94.